The number of hydrogen-bond donors (Lipinski definition) is 0. The van der Waals surface area contributed by atoms with Gasteiger partial charge < -0.3 is 9.26 Å². The molecule has 0 saturated heterocycles. The zero-order chi connectivity index (χ0) is 9.52. The molecule has 0 unspecified atom stereocenters. The monoisotopic (exact) mass is 198 g/mol. The molecule has 1 aromatic carbocycles. The van der Waals surface area contributed by atoms with Crippen LogP contribution in [-0.2, 0) is 9.36 Å². The molecule has 0 amide bonds. The van der Waals surface area contributed by atoms with Crippen LogP contribution in [0.5, 0.6) is 11.5 Å². The smallest absolute Gasteiger partial charge is 0.395 e. The van der Waals surface area contributed by atoms with Crippen molar-refractivity contribution in [3.05, 3.63) is 24.3 Å². The van der Waals surface area contributed by atoms with Crippen molar-refractivity contribution in [2.75, 3.05) is 6.61 Å². The van der Waals surface area contributed by atoms with Crippen molar-refractivity contribution >= 4 is 15.0 Å². The standard InChI is InChI=1S/C8H7O4P/c9-5-6-11-7-1-3-8(4-2-7)12-13-10/h1-5H,6H2. The second-order valence-electron chi connectivity index (χ2n) is 2.11. The lowest BCUT2D eigenvalue weighted by molar-refractivity contribution is -0.109. The minimum Gasteiger partial charge on any atom is -0.486 e. The van der Waals surface area contributed by atoms with E-state index < -0.39 is 8.69 Å². The summed E-state index contributed by atoms with van der Waals surface area (Å²) in [6.45, 7) is 0.0278. The van der Waals surface area contributed by atoms with Gasteiger partial charge in [-0.2, -0.15) is 0 Å². The predicted molar refractivity (Wildman–Crippen MR) is 46.2 cm³/mol. The second-order valence-corrected chi connectivity index (χ2v) is 2.45. The number of hydrogen-bond acceptors (Lipinski definition) is 4. The second kappa shape index (κ2) is 5.27. The summed E-state index contributed by atoms with van der Waals surface area (Å²) in [5, 5.41) is 0. The van der Waals surface area contributed by atoms with E-state index >= 15 is 0 Å². The van der Waals surface area contributed by atoms with Crippen molar-refractivity contribution in [1.82, 2.24) is 0 Å². The maximum Gasteiger partial charge on any atom is 0.395 e. The van der Waals surface area contributed by atoms with Gasteiger partial charge in [-0.1, -0.05) is 0 Å². The molecule has 5 heteroatoms. The van der Waals surface area contributed by atoms with Gasteiger partial charge in [-0.3, -0.25) is 4.79 Å². The molecule has 0 aliphatic rings. The van der Waals surface area contributed by atoms with Crippen molar-refractivity contribution in [2.24, 2.45) is 0 Å². The van der Waals surface area contributed by atoms with E-state index in [0.717, 1.165) is 0 Å². The first-order valence-corrected chi connectivity index (χ1v) is 4.26. The van der Waals surface area contributed by atoms with Gasteiger partial charge in [-0.05, 0) is 24.3 Å². The van der Waals surface area contributed by atoms with Gasteiger partial charge in [0.25, 0.3) is 0 Å². The number of benzene rings is 1. The third-order valence-corrected chi connectivity index (χ3v) is 1.57. The fourth-order valence-corrected chi connectivity index (χ4v) is 0.978. The average molecular weight is 198 g/mol. The van der Waals surface area contributed by atoms with Gasteiger partial charge in [0.1, 0.15) is 18.1 Å². The Kier molecular flexibility index (Phi) is 3.93. The number of carbonyl (C=O) groups excluding carboxylic acids is 1. The first kappa shape index (κ1) is 9.68. The van der Waals surface area contributed by atoms with E-state index in [1.54, 1.807) is 24.3 Å². The number of aldehydes is 1. The molecule has 13 heavy (non-hydrogen) atoms. The summed E-state index contributed by atoms with van der Waals surface area (Å²) in [6.07, 6.45) is 0.667. The van der Waals surface area contributed by atoms with Crippen molar-refractivity contribution in [1.29, 1.82) is 0 Å². The van der Waals surface area contributed by atoms with Gasteiger partial charge in [-0.15, -0.1) is 0 Å². The van der Waals surface area contributed by atoms with Crippen LogP contribution < -0.4 is 9.26 Å². The molecule has 0 N–H and O–H groups in total. The summed E-state index contributed by atoms with van der Waals surface area (Å²) < 4.78 is 19.7. The van der Waals surface area contributed by atoms with Gasteiger partial charge in [-0.25, -0.2) is 4.57 Å². The van der Waals surface area contributed by atoms with Crippen LogP contribution in [0.4, 0.5) is 0 Å². The van der Waals surface area contributed by atoms with Crippen LogP contribution in [0.2, 0.25) is 0 Å². The molecule has 0 atom stereocenters. The van der Waals surface area contributed by atoms with Crippen molar-refractivity contribution < 1.29 is 18.6 Å². The molecule has 1 rings (SSSR count). The quantitative estimate of drug-likeness (QED) is 0.535. The first-order valence-electron chi connectivity index (χ1n) is 3.53. The summed E-state index contributed by atoms with van der Waals surface area (Å²) in [7, 11) is -0.391. The number of rotatable bonds is 5. The van der Waals surface area contributed by atoms with Crippen molar-refractivity contribution in [3.63, 3.8) is 0 Å². The fourth-order valence-electron chi connectivity index (χ4n) is 0.770. The molecule has 0 fully saturated rings. The molecule has 0 bridgehead atoms. The van der Waals surface area contributed by atoms with E-state index in [1.165, 1.54) is 0 Å². The normalized spacial score (nSPS) is 9.54. The number of carbonyl (C=O) groups is 1. The molecule has 4 nitrogen and oxygen atoms in total. The van der Waals surface area contributed by atoms with Crippen LogP contribution in [-0.4, -0.2) is 12.9 Å². The lowest BCUT2D eigenvalue weighted by Gasteiger charge is -2.01. The molecule has 0 aromatic heterocycles. The number of ether oxygens (including phenoxy) is 1. The van der Waals surface area contributed by atoms with Gasteiger partial charge in [0.2, 0.25) is 0 Å². The minimum absolute atomic E-state index is 0.0278. The zero-order valence-electron chi connectivity index (χ0n) is 6.67. The summed E-state index contributed by atoms with van der Waals surface area (Å²) in [6, 6.07) is 6.46. The van der Waals surface area contributed by atoms with E-state index in [9.17, 15) is 9.36 Å². The Labute approximate surface area is 76.8 Å². The van der Waals surface area contributed by atoms with Gasteiger partial charge in [0.15, 0.2) is 6.29 Å². The Morgan fingerprint density at radius 2 is 1.85 bits per heavy atom. The van der Waals surface area contributed by atoms with Crippen LogP contribution in [0, 0.1) is 0 Å². The van der Waals surface area contributed by atoms with Crippen LogP contribution in [0.15, 0.2) is 24.3 Å². The Morgan fingerprint density at radius 3 is 2.38 bits per heavy atom. The molecule has 1 aromatic rings. The van der Waals surface area contributed by atoms with E-state index in [-0.39, 0.29) is 6.61 Å². The lowest BCUT2D eigenvalue weighted by atomic mass is 10.3. The molecule has 0 spiro atoms. The third-order valence-electron chi connectivity index (χ3n) is 1.28. The lowest BCUT2D eigenvalue weighted by Crippen LogP contribution is -1.96. The van der Waals surface area contributed by atoms with E-state index in [2.05, 4.69) is 4.52 Å². The molecule has 68 valence electrons. The summed E-state index contributed by atoms with van der Waals surface area (Å²) in [5.41, 5.74) is 0. The van der Waals surface area contributed by atoms with Crippen molar-refractivity contribution in [3.8, 4) is 11.5 Å². The Balaban J connectivity index is 2.58. The van der Waals surface area contributed by atoms with E-state index in [0.29, 0.717) is 17.8 Å². The van der Waals surface area contributed by atoms with Crippen LogP contribution in [0.25, 0.3) is 0 Å². The highest BCUT2D eigenvalue weighted by molar-refractivity contribution is 7.17. The molecule has 0 saturated carbocycles. The maximum absolute atomic E-state index is 10.0. The highest BCUT2D eigenvalue weighted by Gasteiger charge is 1.95. The molecular formula is C8H7O4P. The van der Waals surface area contributed by atoms with Gasteiger partial charge in [0.05, 0.1) is 0 Å². The Morgan fingerprint density at radius 1 is 1.23 bits per heavy atom. The molecule has 0 radical (unpaired) electrons. The average Bonchev–Trinajstić information content (AvgIpc) is 2.17. The van der Waals surface area contributed by atoms with Crippen LogP contribution >= 0.6 is 8.69 Å². The molecule has 0 aliphatic heterocycles. The van der Waals surface area contributed by atoms with Crippen LogP contribution in [0.1, 0.15) is 0 Å². The highest BCUT2D eigenvalue weighted by Crippen LogP contribution is 2.19. The first-order chi connectivity index (χ1) is 6.36. The molecule has 0 aliphatic carbocycles. The van der Waals surface area contributed by atoms with E-state index in [4.69, 9.17) is 4.74 Å². The van der Waals surface area contributed by atoms with Gasteiger partial charge in [0, 0.05) is 0 Å². The predicted octanol–water partition coefficient (Wildman–Crippen LogP) is 1.85. The van der Waals surface area contributed by atoms with Crippen LogP contribution in [0.3, 0.4) is 0 Å². The molecule has 0 heterocycles. The largest absolute Gasteiger partial charge is 0.486 e. The van der Waals surface area contributed by atoms with Crippen molar-refractivity contribution in [2.45, 2.75) is 0 Å². The topological polar surface area (TPSA) is 52.6 Å². The molecular weight excluding hydrogens is 191 g/mol. The SMILES string of the molecule is O=CCOc1ccc(OP=O)cc1. The third kappa shape index (κ3) is 3.22. The highest BCUT2D eigenvalue weighted by atomic mass is 31.1. The minimum atomic E-state index is -0.391. The fraction of sp³-hybridized carbons (Fsp3) is 0.125. The summed E-state index contributed by atoms with van der Waals surface area (Å²) in [5.74, 6) is 1.05. The Bertz CT molecular complexity index is 283. The van der Waals surface area contributed by atoms with E-state index in [1.807, 2.05) is 0 Å². The van der Waals surface area contributed by atoms with Gasteiger partial charge >= 0.3 is 8.69 Å². The maximum atomic E-state index is 10.0. The Hall–Kier alpha value is -1.41. The summed E-state index contributed by atoms with van der Waals surface area (Å²) in [4.78, 5) is 9.96. The summed E-state index contributed by atoms with van der Waals surface area (Å²) >= 11 is 0. The zero-order valence-corrected chi connectivity index (χ0v) is 7.57.